The lowest BCUT2D eigenvalue weighted by molar-refractivity contribution is 0.354. The van der Waals surface area contributed by atoms with E-state index in [-0.39, 0.29) is 0 Å². The molecule has 60 valence electrons. The molecule has 0 amide bonds. The van der Waals surface area contributed by atoms with Crippen LogP contribution in [0.2, 0.25) is 0 Å². The molecule has 1 saturated heterocycles. The predicted molar refractivity (Wildman–Crippen MR) is 48.9 cm³/mol. The Morgan fingerprint density at radius 1 is 1.50 bits per heavy atom. The molecule has 1 heterocycles. The molecule has 1 unspecified atom stereocenters. The summed E-state index contributed by atoms with van der Waals surface area (Å²) < 4.78 is 2.45. The van der Waals surface area contributed by atoms with Crippen LogP contribution in [0, 0.1) is 0 Å². The van der Waals surface area contributed by atoms with Crippen LogP contribution in [0.5, 0.6) is 0 Å². The quantitative estimate of drug-likeness (QED) is 0.559. The van der Waals surface area contributed by atoms with Crippen LogP contribution < -0.4 is 0 Å². The lowest BCUT2D eigenvalue weighted by Crippen LogP contribution is -2.24. The van der Waals surface area contributed by atoms with Gasteiger partial charge in [-0.05, 0) is 26.2 Å². The van der Waals surface area contributed by atoms with Crippen molar-refractivity contribution in [2.45, 2.75) is 51.6 Å². The van der Waals surface area contributed by atoms with Crippen molar-refractivity contribution in [3.8, 4) is 0 Å². The molecule has 1 nitrogen and oxygen atoms in total. The third-order valence-corrected chi connectivity index (χ3v) is 3.40. The monoisotopic (exact) mass is 159 g/mol. The van der Waals surface area contributed by atoms with Gasteiger partial charge in [0.15, 0.2) is 0 Å². The van der Waals surface area contributed by atoms with Crippen molar-refractivity contribution in [2.75, 3.05) is 0 Å². The van der Waals surface area contributed by atoms with E-state index in [0.717, 1.165) is 12.1 Å². The van der Waals surface area contributed by atoms with Crippen molar-refractivity contribution in [2.24, 2.45) is 0 Å². The van der Waals surface area contributed by atoms with Crippen molar-refractivity contribution in [1.29, 1.82) is 0 Å². The summed E-state index contributed by atoms with van der Waals surface area (Å²) in [5.41, 5.74) is 0. The first-order valence-electron chi connectivity index (χ1n) is 4.28. The fourth-order valence-corrected chi connectivity index (χ4v) is 2.17. The highest BCUT2D eigenvalue weighted by molar-refractivity contribution is 7.13. The summed E-state index contributed by atoms with van der Waals surface area (Å²) in [5.74, 6) is 0. The molecular formula is C8H18NP. The Hall–Kier alpha value is 0.390. The van der Waals surface area contributed by atoms with Crippen molar-refractivity contribution in [1.82, 2.24) is 4.67 Å². The fourth-order valence-electron chi connectivity index (χ4n) is 1.72. The standard InChI is InChI=1S/C8H18NP/c1-3-4-8-6-5-7(2)9(8)10/h7-8H,3-6,10H2,1-2H3/t7-,8+/m1/s1. The van der Waals surface area contributed by atoms with Gasteiger partial charge in [-0.1, -0.05) is 22.7 Å². The first kappa shape index (κ1) is 8.49. The molecule has 0 aromatic rings. The van der Waals surface area contributed by atoms with Gasteiger partial charge in [-0.2, -0.15) is 0 Å². The summed E-state index contributed by atoms with van der Waals surface area (Å²) >= 11 is 0. The molecular weight excluding hydrogens is 141 g/mol. The second-order valence-corrected chi connectivity index (χ2v) is 3.91. The van der Waals surface area contributed by atoms with Gasteiger partial charge in [0.05, 0.1) is 0 Å². The molecule has 0 saturated carbocycles. The molecule has 0 N–H and O–H groups in total. The SMILES string of the molecule is CCC[C@H]1CC[C@@H](C)N1P. The van der Waals surface area contributed by atoms with E-state index in [2.05, 4.69) is 27.9 Å². The average Bonchev–Trinajstić information content (AvgIpc) is 2.20. The van der Waals surface area contributed by atoms with Gasteiger partial charge >= 0.3 is 0 Å². The van der Waals surface area contributed by atoms with Gasteiger partial charge in [0.2, 0.25) is 0 Å². The van der Waals surface area contributed by atoms with Crippen molar-refractivity contribution < 1.29 is 0 Å². The minimum absolute atomic E-state index is 0.793. The molecule has 0 spiro atoms. The molecule has 1 aliphatic rings. The summed E-state index contributed by atoms with van der Waals surface area (Å²) in [4.78, 5) is 0. The lowest BCUT2D eigenvalue weighted by atomic mass is 10.1. The predicted octanol–water partition coefficient (Wildman–Crippen LogP) is 2.43. The third kappa shape index (κ3) is 1.71. The van der Waals surface area contributed by atoms with Gasteiger partial charge in [0.1, 0.15) is 0 Å². The van der Waals surface area contributed by atoms with E-state index in [1.54, 1.807) is 0 Å². The highest BCUT2D eigenvalue weighted by atomic mass is 31.0. The lowest BCUT2D eigenvalue weighted by Gasteiger charge is -2.22. The zero-order valence-electron chi connectivity index (χ0n) is 7.01. The van der Waals surface area contributed by atoms with Gasteiger partial charge in [-0.15, -0.1) is 0 Å². The Morgan fingerprint density at radius 3 is 2.60 bits per heavy atom. The molecule has 2 heteroatoms. The molecule has 1 fully saturated rings. The highest BCUT2D eigenvalue weighted by Crippen LogP contribution is 2.29. The summed E-state index contributed by atoms with van der Waals surface area (Å²) in [6.07, 6.45) is 5.48. The van der Waals surface area contributed by atoms with E-state index in [9.17, 15) is 0 Å². The fraction of sp³-hybridized carbons (Fsp3) is 1.00. The molecule has 0 radical (unpaired) electrons. The number of hydrogen-bond donors (Lipinski definition) is 0. The number of hydrogen-bond acceptors (Lipinski definition) is 1. The molecule has 0 aromatic heterocycles. The second-order valence-electron chi connectivity index (χ2n) is 3.32. The van der Waals surface area contributed by atoms with Crippen LogP contribution in [-0.4, -0.2) is 16.8 Å². The molecule has 0 bridgehead atoms. The van der Waals surface area contributed by atoms with E-state index in [1.807, 2.05) is 0 Å². The van der Waals surface area contributed by atoms with Gasteiger partial charge < -0.3 is 0 Å². The summed E-state index contributed by atoms with van der Waals surface area (Å²) in [6.45, 7) is 4.57. The zero-order chi connectivity index (χ0) is 7.56. The van der Waals surface area contributed by atoms with Gasteiger partial charge in [-0.25, -0.2) is 0 Å². The van der Waals surface area contributed by atoms with E-state index in [1.165, 1.54) is 25.7 Å². The normalized spacial score (nSPS) is 35.1. The Bertz CT molecular complexity index is 103. The van der Waals surface area contributed by atoms with Crippen LogP contribution in [0.25, 0.3) is 0 Å². The van der Waals surface area contributed by atoms with Crippen molar-refractivity contribution in [3.05, 3.63) is 0 Å². The van der Waals surface area contributed by atoms with E-state index < -0.39 is 0 Å². The summed E-state index contributed by atoms with van der Waals surface area (Å²) in [6, 6.07) is 1.64. The maximum atomic E-state index is 2.86. The van der Waals surface area contributed by atoms with Crippen LogP contribution in [0.15, 0.2) is 0 Å². The largest absolute Gasteiger partial charge is 0.282 e. The maximum Gasteiger partial charge on any atom is 0.0133 e. The van der Waals surface area contributed by atoms with Crippen LogP contribution in [0.3, 0.4) is 0 Å². The summed E-state index contributed by atoms with van der Waals surface area (Å²) in [7, 11) is 2.86. The van der Waals surface area contributed by atoms with E-state index >= 15 is 0 Å². The van der Waals surface area contributed by atoms with Gasteiger partial charge in [0, 0.05) is 12.1 Å². The highest BCUT2D eigenvalue weighted by Gasteiger charge is 2.25. The van der Waals surface area contributed by atoms with Crippen LogP contribution >= 0.6 is 9.39 Å². The smallest absolute Gasteiger partial charge is 0.0133 e. The molecule has 1 rings (SSSR count). The minimum Gasteiger partial charge on any atom is -0.282 e. The third-order valence-electron chi connectivity index (χ3n) is 2.47. The Balaban J connectivity index is 2.33. The van der Waals surface area contributed by atoms with Crippen LogP contribution in [-0.2, 0) is 0 Å². The Kier molecular flexibility index (Phi) is 3.13. The summed E-state index contributed by atoms with van der Waals surface area (Å²) in [5, 5.41) is 0. The molecule has 1 aliphatic heterocycles. The average molecular weight is 159 g/mol. The van der Waals surface area contributed by atoms with Crippen LogP contribution in [0.4, 0.5) is 0 Å². The minimum atomic E-state index is 0.793. The van der Waals surface area contributed by atoms with Crippen molar-refractivity contribution >= 4 is 9.39 Å². The van der Waals surface area contributed by atoms with Crippen molar-refractivity contribution in [3.63, 3.8) is 0 Å². The zero-order valence-corrected chi connectivity index (χ0v) is 8.16. The molecule has 0 aromatic carbocycles. The van der Waals surface area contributed by atoms with E-state index in [4.69, 9.17) is 0 Å². The second kappa shape index (κ2) is 3.69. The van der Waals surface area contributed by atoms with Crippen LogP contribution in [0.1, 0.15) is 39.5 Å². The molecule has 0 aliphatic carbocycles. The van der Waals surface area contributed by atoms with Gasteiger partial charge in [0.25, 0.3) is 0 Å². The number of nitrogens with zero attached hydrogens (tertiary/aromatic N) is 1. The Morgan fingerprint density at radius 2 is 2.20 bits per heavy atom. The topological polar surface area (TPSA) is 3.24 Å². The van der Waals surface area contributed by atoms with Gasteiger partial charge in [-0.3, -0.25) is 4.67 Å². The number of rotatable bonds is 2. The Labute approximate surface area is 66.4 Å². The molecule has 10 heavy (non-hydrogen) atoms. The van der Waals surface area contributed by atoms with E-state index in [0.29, 0.717) is 0 Å². The first-order chi connectivity index (χ1) is 4.75. The maximum absolute atomic E-state index is 2.86. The first-order valence-corrected chi connectivity index (χ1v) is 4.80. The molecule has 3 atom stereocenters.